The minimum absolute atomic E-state index is 0.0833. The van der Waals surface area contributed by atoms with Crippen LogP contribution in [0.25, 0.3) is 6.08 Å². The third-order valence-electron chi connectivity index (χ3n) is 5.87. The number of thioether (sulfide) groups is 1. The number of rotatable bonds is 8. The van der Waals surface area contributed by atoms with Crippen molar-refractivity contribution >= 4 is 46.1 Å². The second-order valence-electron chi connectivity index (χ2n) is 8.04. The molecule has 166 valence electrons. The summed E-state index contributed by atoms with van der Waals surface area (Å²) in [5.41, 5.74) is 1.36. The van der Waals surface area contributed by atoms with Crippen molar-refractivity contribution < 1.29 is 4.79 Å². The SMILES string of the molecule is CCCCN1C(=O)/C(=C/c2c(C)c(C#N)c(=O)n(CCCC)c2N2CCCC2)SC1=S. The first-order valence-electron chi connectivity index (χ1n) is 11.1. The van der Waals surface area contributed by atoms with E-state index in [0.717, 1.165) is 63.0 Å². The molecule has 0 spiro atoms. The molecule has 2 saturated heterocycles. The van der Waals surface area contributed by atoms with Crippen LogP contribution in [0.2, 0.25) is 0 Å². The van der Waals surface area contributed by atoms with Crippen LogP contribution in [0, 0.1) is 18.3 Å². The van der Waals surface area contributed by atoms with Gasteiger partial charge in [-0.2, -0.15) is 5.26 Å². The van der Waals surface area contributed by atoms with E-state index in [0.29, 0.717) is 27.9 Å². The molecule has 3 rings (SSSR count). The van der Waals surface area contributed by atoms with Gasteiger partial charge in [-0.25, -0.2) is 0 Å². The molecule has 1 aromatic rings. The van der Waals surface area contributed by atoms with Crippen molar-refractivity contribution in [3.63, 3.8) is 0 Å². The molecule has 0 aliphatic carbocycles. The number of anilines is 1. The molecule has 2 aliphatic rings. The van der Waals surface area contributed by atoms with E-state index >= 15 is 0 Å². The number of hydrogen-bond donors (Lipinski definition) is 0. The normalized spacial score (nSPS) is 17.8. The molecule has 0 unspecified atom stereocenters. The summed E-state index contributed by atoms with van der Waals surface area (Å²) in [6.45, 7) is 8.91. The summed E-state index contributed by atoms with van der Waals surface area (Å²) in [6.07, 6.45) is 7.69. The molecule has 0 radical (unpaired) electrons. The van der Waals surface area contributed by atoms with Gasteiger partial charge in [0.1, 0.15) is 21.8 Å². The Morgan fingerprint density at radius 3 is 2.39 bits per heavy atom. The van der Waals surface area contributed by atoms with E-state index in [4.69, 9.17) is 12.2 Å². The first-order chi connectivity index (χ1) is 14.9. The third kappa shape index (κ3) is 4.73. The van der Waals surface area contributed by atoms with Crippen molar-refractivity contribution in [2.45, 2.75) is 65.8 Å². The summed E-state index contributed by atoms with van der Waals surface area (Å²) in [6, 6.07) is 2.11. The van der Waals surface area contributed by atoms with Gasteiger partial charge in [0.25, 0.3) is 11.5 Å². The summed E-state index contributed by atoms with van der Waals surface area (Å²) >= 11 is 6.77. The van der Waals surface area contributed by atoms with Gasteiger partial charge >= 0.3 is 0 Å². The van der Waals surface area contributed by atoms with Crippen molar-refractivity contribution in [2.75, 3.05) is 24.5 Å². The van der Waals surface area contributed by atoms with Crippen molar-refractivity contribution in [1.82, 2.24) is 9.47 Å². The fourth-order valence-electron chi connectivity index (χ4n) is 4.08. The lowest BCUT2D eigenvalue weighted by Gasteiger charge is -2.27. The smallest absolute Gasteiger partial charge is 0.270 e. The van der Waals surface area contributed by atoms with Gasteiger partial charge in [0, 0.05) is 31.7 Å². The first-order valence-corrected chi connectivity index (χ1v) is 12.3. The molecular weight excluding hydrogens is 428 g/mol. The molecule has 6 nitrogen and oxygen atoms in total. The molecule has 31 heavy (non-hydrogen) atoms. The number of carbonyl (C=O) groups is 1. The minimum Gasteiger partial charge on any atom is -0.357 e. The fraction of sp³-hybridized carbons (Fsp3) is 0.565. The molecule has 8 heteroatoms. The Kier molecular flexibility index (Phi) is 7.95. The summed E-state index contributed by atoms with van der Waals surface area (Å²) < 4.78 is 2.33. The van der Waals surface area contributed by atoms with Crippen molar-refractivity contribution in [3.8, 4) is 6.07 Å². The second-order valence-corrected chi connectivity index (χ2v) is 9.72. The van der Waals surface area contributed by atoms with Gasteiger partial charge in [-0.1, -0.05) is 50.7 Å². The van der Waals surface area contributed by atoms with E-state index in [1.807, 2.05) is 13.0 Å². The number of aromatic nitrogens is 1. The Labute approximate surface area is 193 Å². The summed E-state index contributed by atoms with van der Waals surface area (Å²) in [5.74, 6) is 0.756. The standard InChI is InChI=1S/C23H30N4O2S2/c1-4-6-12-26-20(25-10-8-9-11-25)17(16(3)18(15-24)21(26)28)14-19-22(29)27(13-7-5-2)23(30)31-19/h14H,4-13H2,1-3H3/b19-14-. The maximum absolute atomic E-state index is 13.2. The van der Waals surface area contributed by atoms with Crippen LogP contribution in [0.1, 0.15) is 69.1 Å². The highest BCUT2D eigenvalue weighted by Gasteiger charge is 2.33. The number of nitriles is 1. The quantitative estimate of drug-likeness (QED) is 0.424. The van der Waals surface area contributed by atoms with Gasteiger partial charge in [0.2, 0.25) is 0 Å². The lowest BCUT2D eigenvalue weighted by Crippen LogP contribution is -2.33. The van der Waals surface area contributed by atoms with E-state index in [-0.39, 0.29) is 17.0 Å². The number of nitrogens with zero attached hydrogens (tertiary/aromatic N) is 4. The predicted octanol–water partition coefficient (Wildman–Crippen LogP) is 4.43. The molecule has 2 fully saturated rings. The molecule has 1 amide bonds. The van der Waals surface area contributed by atoms with E-state index in [9.17, 15) is 14.9 Å². The molecule has 3 heterocycles. The zero-order chi connectivity index (χ0) is 22.5. The Morgan fingerprint density at radius 1 is 1.13 bits per heavy atom. The molecule has 0 N–H and O–H groups in total. The lowest BCUT2D eigenvalue weighted by molar-refractivity contribution is -0.122. The van der Waals surface area contributed by atoms with Crippen molar-refractivity contribution in [1.29, 1.82) is 5.26 Å². The Morgan fingerprint density at radius 2 is 1.77 bits per heavy atom. The van der Waals surface area contributed by atoms with Gasteiger partial charge in [0.15, 0.2) is 0 Å². The Hall–Kier alpha value is -2.11. The van der Waals surface area contributed by atoms with Crippen LogP contribution >= 0.6 is 24.0 Å². The molecule has 0 saturated carbocycles. The molecule has 2 aliphatic heterocycles. The highest BCUT2D eigenvalue weighted by molar-refractivity contribution is 8.26. The van der Waals surface area contributed by atoms with Crippen molar-refractivity contribution in [3.05, 3.63) is 31.9 Å². The number of carbonyl (C=O) groups excluding carboxylic acids is 1. The number of hydrogen-bond acceptors (Lipinski definition) is 6. The molecule has 0 bridgehead atoms. The number of pyridine rings is 1. The van der Waals surface area contributed by atoms with Gasteiger partial charge in [-0.15, -0.1) is 0 Å². The fourth-order valence-corrected chi connectivity index (χ4v) is 5.37. The third-order valence-corrected chi connectivity index (χ3v) is 7.25. The number of thiocarbonyl (C=S) groups is 1. The second kappa shape index (κ2) is 10.5. The van der Waals surface area contributed by atoms with E-state index in [2.05, 4.69) is 24.8 Å². The van der Waals surface area contributed by atoms with Crippen LogP contribution in [0.4, 0.5) is 5.82 Å². The van der Waals surface area contributed by atoms with Crippen LogP contribution in [-0.2, 0) is 11.3 Å². The van der Waals surface area contributed by atoms with Gasteiger partial charge in [0.05, 0.1) is 4.91 Å². The first kappa shape index (κ1) is 23.6. The molecule has 0 aromatic carbocycles. The highest BCUT2D eigenvalue weighted by Crippen LogP contribution is 2.36. The largest absolute Gasteiger partial charge is 0.357 e. The van der Waals surface area contributed by atoms with E-state index in [1.165, 1.54) is 11.8 Å². The van der Waals surface area contributed by atoms with Crippen LogP contribution in [0.5, 0.6) is 0 Å². The maximum atomic E-state index is 13.2. The Bertz CT molecular complexity index is 1000. The van der Waals surface area contributed by atoms with E-state index < -0.39 is 0 Å². The summed E-state index contributed by atoms with van der Waals surface area (Å²) in [7, 11) is 0. The zero-order valence-corrected chi connectivity index (χ0v) is 20.2. The minimum atomic E-state index is -0.233. The average molecular weight is 459 g/mol. The van der Waals surface area contributed by atoms with Crippen LogP contribution < -0.4 is 10.5 Å². The summed E-state index contributed by atoms with van der Waals surface area (Å²) in [4.78, 5) is 30.7. The van der Waals surface area contributed by atoms with Crippen LogP contribution in [-0.4, -0.2) is 39.3 Å². The molecular formula is C23H30N4O2S2. The lowest BCUT2D eigenvalue weighted by atomic mass is 10.0. The van der Waals surface area contributed by atoms with Crippen LogP contribution in [0.3, 0.4) is 0 Å². The predicted molar refractivity (Wildman–Crippen MR) is 131 cm³/mol. The maximum Gasteiger partial charge on any atom is 0.270 e. The highest BCUT2D eigenvalue weighted by atomic mass is 32.2. The molecule has 0 atom stereocenters. The van der Waals surface area contributed by atoms with Crippen LogP contribution in [0.15, 0.2) is 9.70 Å². The number of amides is 1. The van der Waals surface area contributed by atoms with Gasteiger partial charge < -0.3 is 4.90 Å². The van der Waals surface area contributed by atoms with Gasteiger partial charge in [-0.3, -0.25) is 19.1 Å². The monoisotopic (exact) mass is 458 g/mol. The van der Waals surface area contributed by atoms with Gasteiger partial charge in [-0.05, 0) is 44.2 Å². The number of unbranched alkanes of at least 4 members (excludes halogenated alkanes) is 2. The Balaban J connectivity index is 2.18. The topological polar surface area (TPSA) is 69.3 Å². The zero-order valence-electron chi connectivity index (χ0n) is 18.6. The average Bonchev–Trinajstić information content (AvgIpc) is 3.37. The van der Waals surface area contributed by atoms with E-state index in [1.54, 1.807) is 9.47 Å². The molecule has 1 aromatic heterocycles. The summed E-state index contributed by atoms with van der Waals surface area (Å²) in [5, 5.41) is 9.73. The van der Waals surface area contributed by atoms with Crippen molar-refractivity contribution in [2.24, 2.45) is 0 Å².